The van der Waals surface area contributed by atoms with Gasteiger partial charge in [-0.2, -0.15) is 0 Å². The van der Waals surface area contributed by atoms with E-state index in [1.54, 1.807) is 27.7 Å². The van der Waals surface area contributed by atoms with E-state index in [1.165, 1.54) is 0 Å². The van der Waals surface area contributed by atoms with Crippen LogP contribution in [0.4, 0.5) is 0 Å². The van der Waals surface area contributed by atoms with Crippen LogP contribution in [-0.2, 0) is 47.9 Å². The fourth-order valence-corrected chi connectivity index (χ4v) is 5.47. The van der Waals surface area contributed by atoms with Crippen molar-refractivity contribution in [3.05, 3.63) is 0 Å². The molecule has 0 saturated carbocycles. The summed E-state index contributed by atoms with van der Waals surface area (Å²) in [6.45, 7) is 7.03. The molecule has 0 aromatic carbocycles. The number of amides is 9. The number of aliphatic hydroxyl groups excluding tert-OH is 1. The third-order valence-electron chi connectivity index (χ3n) is 9.00. The second kappa shape index (κ2) is 28.4. The van der Waals surface area contributed by atoms with Crippen LogP contribution in [0.25, 0.3) is 0 Å². The first-order valence-corrected chi connectivity index (χ1v) is 19.9. The predicted molar refractivity (Wildman–Crippen MR) is 222 cm³/mol. The maximum Gasteiger partial charge on any atom is 0.326 e. The highest BCUT2D eigenvalue weighted by Gasteiger charge is 2.35. The number of unbranched alkanes of at least 4 members (excludes halogenated alkanes) is 1. The molecule has 0 aromatic heterocycles. The zero-order valence-electron chi connectivity index (χ0n) is 35.7. The van der Waals surface area contributed by atoms with Crippen molar-refractivity contribution in [2.45, 2.75) is 128 Å². The summed E-state index contributed by atoms with van der Waals surface area (Å²) >= 11 is 0. The third kappa shape index (κ3) is 21.4. The average Bonchev–Trinajstić information content (AvgIpc) is 3.17. The zero-order valence-corrected chi connectivity index (χ0v) is 35.7. The summed E-state index contributed by atoms with van der Waals surface area (Å²) in [5.41, 5.74) is 32.5. The summed E-state index contributed by atoms with van der Waals surface area (Å²) in [6, 6.07) is -11.6. The van der Waals surface area contributed by atoms with Crippen LogP contribution in [-0.4, -0.2) is 143 Å². The Morgan fingerprint density at radius 3 is 1.42 bits per heavy atom. The molecule has 0 aliphatic carbocycles. The van der Waals surface area contributed by atoms with Crippen LogP contribution in [0.1, 0.15) is 79.6 Å². The van der Waals surface area contributed by atoms with Gasteiger partial charge in [0.15, 0.2) is 5.96 Å². The highest BCUT2D eigenvalue weighted by Crippen LogP contribution is 2.09. The number of rotatable bonds is 30. The highest BCUT2D eigenvalue weighted by atomic mass is 16.4. The Labute approximate surface area is 358 Å². The predicted octanol–water partition coefficient (Wildman–Crippen LogP) is -6.95. The van der Waals surface area contributed by atoms with E-state index in [1.807, 2.05) is 0 Å². The normalized spacial score (nSPS) is 14.9. The molecule has 0 bridgehead atoms. The molecule has 0 rings (SSSR count). The lowest BCUT2D eigenvalue weighted by molar-refractivity contribution is -0.142. The first-order chi connectivity index (χ1) is 28.9. The minimum absolute atomic E-state index is 0.00804. The summed E-state index contributed by atoms with van der Waals surface area (Å²) < 4.78 is 0. The lowest BCUT2D eigenvalue weighted by atomic mass is 9.99. The summed E-state index contributed by atoms with van der Waals surface area (Å²) in [5.74, 6) is -11.6. The fourth-order valence-electron chi connectivity index (χ4n) is 5.47. The molecule has 0 spiro atoms. The summed E-state index contributed by atoms with van der Waals surface area (Å²) in [7, 11) is 0. The number of aliphatic hydroxyl groups is 1. The molecule has 352 valence electrons. The van der Waals surface area contributed by atoms with Crippen molar-refractivity contribution in [1.29, 1.82) is 0 Å². The van der Waals surface area contributed by atoms with Crippen LogP contribution in [0, 0.1) is 11.8 Å². The van der Waals surface area contributed by atoms with Gasteiger partial charge in [-0.25, -0.2) is 4.79 Å². The molecule has 9 amide bonds. The van der Waals surface area contributed by atoms with Crippen molar-refractivity contribution < 1.29 is 58.2 Å². The molecule has 21 N–H and O–H groups in total. The van der Waals surface area contributed by atoms with E-state index >= 15 is 0 Å². The van der Waals surface area contributed by atoms with Crippen LogP contribution in [0.15, 0.2) is 4.99 Å². The standard InChI is InChI=1S/C36H66N14O12/c1-16(2)26(50-34(60)27(17(3)4)49-29(55)19(38)9-8-12-43-36(41)42)33(59)48-23(15-51)32(58)47-21(13-24(39)52)30(56)44-18(5)28(54)46-22(14-25(40)53)31(57)45-20(35(61)62)10-6-7-11-37/h16-23,26-27,51H,6-15,37-38H2,1-5H3,(H2,39,52)(H2,40,53)(H,44,56)(H,45,57)(H,46,54)(H,47,58)(H,48,59)(H,49,55)(H,50,60)(H,61,62)(H4,41,42,43). The second-order valence-corrected chi connectivity index (χ2v) is 15.1. The van der Waals surface area contributed by atoms with E-state index in [0.29, 0.717) is 19.3 Å². The molecule has 26 heteroatoms. The Kier molecular flexibility index (Phi) is 25.6. The molecule has 0 heterocycles. The maximum atomic E-state index is 13.4. The molecule has 0 aliphatic rings. The number of hydrogen-bond acceptors (Lipinski definition) is 14. The van der Waals surface area contributed by atoms with Crippen LogP contribution in [0.3, 0.4) is 0 Å². The lowest BCUT2D eigenvalue weighted by Gasteiger charge is -2.29. The van der Waals surface area contributed by atoms with E-state index in [2.05, 4.69) is 42.2 Å². The topological polar surface area (TPSA) is 464 Å². The molecule has 0 aliphatic heterocycles. The van der Waals surface area contributed by atoms with Gasteiger partial charge >= 0.3 is 5.97 Å². The number of hydrogen-bond donors (Lipinski definition) is 15. The highest BCUT2D eigenvalue weighted by molar-refractivity contribution is 5.99. The minimum Gasteiger partial charge on any atom is -0.480 e. The van der Waals surface area contributed by atoms with Crippen molar-refractivity contribution in [2.24, 2.45) is 51.2 Å². The number of carbonyl (C=O) groups is 10. The Morgan fingerprint density at radius 2 is 0.968 bits per heavy atom. The quantitative estimate of drug-likeness (QED) is 0.0181. The van der Waals surface area contributed by atoms with Gasteiger partial charge in [0.25, 0.3) is 0 Å². The van der Waals surface area contributed by atoms with Gasteiger partial charge in [-0.15, -0.1) is 0 Å². The van der Waals surface area contributed by atoms with Gasteiger partial charge in [0.2, 0.25) is 53.2 Å². The largest absolute Gasteiger partial charge is 0.480 e. The van der Waals surface area contributed by atoms with Gasteiger partial charge in [-0.05, 0) is 57.4 Å². The molecule has 26 nitrogen and oxygen atoms in total. The first-order valence-electron chi connectivity index (χ1n) is 19.9. The number of guanidine groups is 1. The van der Waals surface area contributed by atoms with E-state index in [0.717, 1.165) is 6.92 Å². The number of carbonyl (C=O) groups excluding carboxylic acids is 9. The smallest absolute Gasteiger partial charge is 0.326 e. The van der Waals surface area contributed by atoms with Crippen molar-refractivity contribution in [3.63, 3.8) is 0 Å². The van der Waals surface area contributed by atoms with Gasteiger partial charge in [-0.3, -0.25) is 48.1 Å². The molecular formula is C36H66N14O12. The summed E-state index contributed by atoms with van der Waals surface area (Å²) in [4.78, 5) is 131. The number of nitrogens with zero attached hydrogens (tertiary/aromatic N) is 1. The third-order valence-corrected chi connectivity index (χ3v) is 9.00. The average molecular weight is 887 g/mol. The van der Waals surface area contributed by atoms with Gasteiger partial charge in [0.1, 0.15) is 42.3 Å². The fraction of sp³-hybridized carbons (Fsp3) is 0.694. The molecule has 0 radical (unpaired) electrons. The SMILES string of the molecule is CC(NC(=O)C(CC(N)=O)NC(=O)C(CO)NC(=O)C(NC(=O)C(NC(=O)C(N)CCCN=C(N)N)C(C)C)C(C)C)C(=O)NC(CC(N)=O)C(=O)NC(CCCCN)C(=O)O. The molecule has 8 unspecified atom stereocenters. The molecule has 0 fully saturated rings. The van der Waals surface area contributed by atoms with Crippen LogP contribution >= 0.6 is 0 Å². The van der Waals surface area contributed by atoms with Gasteiger partial charge in [-0.1, -0.05) is 27.7 Å². The summed E-state index contributed by atoms with van der Waals surface area (Å²) in [6.07, 6.45) is -0.213. The molecule has 0 saturated heterocycles. The van der Waals surface area contributed by atoms with E-state index in [-0.39, 0.29) is 31.9 Å². The second-order valence-electron chi connectivity index (χ2n) is 15.1. The van der Waals surface area contributed by atoms with Gasteiger partial charge in [0, 0.05) is 6.54 Å². The Bertz CT molecular complexity index is 1610. The number of carboxylic acid groups (broad SMARTS) is 1. The number of nitrogens with one attached hydrogen (secondary N) is 7. The van der Waals surface area contributed by atoms with Crippen LogP contribution in [0.2, 0.25) is 0 Å². The lowest BCUT2D eigenvalue weighted by Crippen LogP contribution is -2.62. The monoisotopic (exact) mass is 886 g/mol. The minimum atomic E-state index is -1.79. The maximum absolute atomic E-state index is 13.4. The van der Waals surface area contributed by atoms with Crippen molar-refractivity contribution in [2.75, 3.05) is 19.7 Å². The first kappa shape index (κ1) is 55.8. The van der Waals surface area contributed by atoms with Crippen LogP contribution < -0.4 is 71.6 Å². The van der Waals surface area contributed by atoms with Crippen LogP contribution in [0.5, 0.6) is 0 Å². The van der Waals surface area contributed by atoms with Crippen molar-refractivity contribution in [3.8, 4) is 0 Å². The summed E-state index contributed by atoms with van der Waals surface area (Å²) in [5, 5.41) is 35.7. The number of carboxylic acids is 1. The van der Waals surface area contributed by atoms with E-state index in [9.17, 15) is 58.2 Å². The number of primary amides is 2. The number of aliphatic carboxylic acids is 1. The van der Waals surface area contributed by atoms with E-state index < -0.39 is 139 Å². The number of aliphatic imine (C=N–C) groups is 1. The van der Waals surface area contributed by atoms with Crippen molar-refractivity contribution >= 4 is 65.1 Å². The number of nitrogens with two attached hydrogens (primary N) is 6. The Morgan fingerprint density at radius 1 is 0.532 bits per heavy atom. The molecule has 0 aromatic rings. The van der Waals surface area contributed by atoms with Gasteiger partial charge < -0.3 is 81.8 Å². The Balaban J connectivity index is 5.87. The van der Waals surface area contributed by atoms with E-state index in [4.69, 9.17) is 34.4 Å². The van der Waals surface area contributed by atoms with Gasteiger partial charge in [0.05, 0.1) is 25.5 Å². The van der Waals surface area contributed by atoms with Crippen molar-refractivity contribution in [1.82, 2.24) is 37.2 Å². The zero-order chi connectivity index (χ0) is 47.9. The molecular weight excluding hydrogens is 820 g/mol. The molecule has 8 atom stereocenters. The molecule has 62 heavy (non-hydrogen) atoms. The Hall–Kier alpha value is -6.15.